The van der Waals surface area contributed by atoms with Crippen molar-refractivity contribution in [3.8, 4) is 0 Å². The van der Waals surface area contributed by atoms with Gasteiger partial charge in [0.1, 0.15) is 6.10 Å². The van der Waals surface area contributed by atoms with E-state index in [1.54, 1.807) is 0 Å². The lowest BCUT2D eigenvalue weighted by molar-refractivity contribution is -0.125. The Morgan fingerprint density at radius 1 is 1.41 bits per heavy atom. The van der Waals surface area contributed by atoms with Crippen molar-refractivity contribution >= 4 is 5.91 Å². The van der Waals surface area contributed by atoms with E-state index in [9.17, 15) is 9.90 Å². The zero-order chi connectivity index (χ0) is 12.8. The highest BCUT2D eigenvalue weighted by molar-refractivity contribution is 5.78. The van der Waals surface area contributed by atoms with Gasteiger partial charge in [0.2, 0.25) is 5.91 Å². The number of amides is 1. The van der Waals surface area contributed by atoms with Gasteiger partial charge in [-0.05, 0) is 18.9 Å². The summed E-state index contributed by atoms with van der Waals surface area (Å²) in [6.45, 7) is 4.27. The first kappa shape index (κ1) is 13.7. The van der Waals surface area contributed by atoms with Crippen molar-refractivity contribution in [3.63, 3.8) is 0 Å². The van der Waals surface area contributed by atoms with Gasteiger partial charge in [0, 0.05) is 12.6 Å². The van der Waals surface area contributed by atoms with Gasteiger partial charge in [0.25, 0.3) is 0 Å². The molecule has 0 radical (unpaired) electrons. The first-order chi connectivity index (χ1) is 8.04. The van der Waals surface area contributed by atoms with Crippen LogP contribution in [-0.4, -0.2) is 23.7 Å². The summed E-state index contributed by atoms with van der Waals surface area (Å²) in [7, 11) is 0. The van der Waals surface area contributed by atoms with Gasteiger partial charge in [0.05, 0.1) is 0 Å². The van der Waals surface area contributed by atoms with E-state index < -0.39 is 12.0 Å². The molecule has 2 unspecified atom stereocenters. The summed E-state index contributed by atoms with van der Waals surface area (Å²) in [6.07, 6.45) is -0.247. The number of carbonyl (C=O) groups is 1. The van der Waals surface area contributed by atoms with E-state index in [2.05, 4.69) is 5.32 Å². The van der Waals surface area contributed by atoms with E-state index in [4.69, 9.17) is 5.73 Å². The van der Waals surface area contributed by atoms with Gasteiger partial charge in [-0.1, -0.05) is 36.8 Å². The zero-order valence-electron chi connectivity index (χ0n) is 10.3. The van der Waals surface area contributed by atoms with Crippen LogP contribution in [0.1, 0.15) is 30.5 Å². The molecule has 0 fully saturated rings. The first-order valence-corrected chi connectivity index (χ1v) is 5.82. The summed E-state index contributed by atoms with van der Waals surface area (Å²) in [6, 6.07) is 8.32. The number of nitrogens with two attached hydrogens (primary N) is 1. The Hall–Kier alpha value is -1.39. The number of aryl methyl sites for hydroxylation is 1. The third kappa shape index (κ3) is 4.17. The molecule has 0 aliphatic rings. The van der Waals surface area contributed by atoms with Gasteiger partial charge in [-0.2, -0.15) is 0 Å². The molecule has 4 N–H and O–H groups in total. The molecule has 1 amide bonds. The van der Waals surface area contributed by atoms with Crippen molar-refractivity contribution < 1.29 is 9.90 Å². The Balaban J connectivity index is 2.60. The van der Waals surface area contributed by atoms with Crippen LogP contribution < -0.4 is 11.1 Å². The van der Waals surface area contributed by atoms with Crippen molar-refractivity contribution in [1.29, 1.82) is 0 Å². The van der Waals surface area contributed by atoms with Crippen molar-refractivity contribution in [1.82, 2.24) is 5.32 Å². The lowest BCUT2D eigenvalue weighted by atomic mass is 10.0. The molecule has 0 aromatic heterocycles. The lowest BCUT2D eigenvalue weighted by Crippen LogP contribution is -2.38. The summed E-state index contributed by atoms with van der Waals surface area (Å²) in [5, 5.41) is 12.5. The molecule has 4 nitrogen and oxygen atoms in total. The standard InChI is InChI=1S/C13H20N2O2/c1-3-11(15-8-12(16)13(14)17)10-6-4-9(2)5-7-10/h4-7,11-12,15-16H,3,8H2,1-2H3,(H2,14,17). The van der Waals surface area contributed by atoms with Crippen molar-refractivity contribution in [2.24, 2.45) is 5.73 Å². The Morgan fingerprint density at radius 2 is 2.00 bits per heavy atom. The number of hydrogen-bond acceptors (Lipinski definition) is 3. The van der Waals surface area contributed by atoms with Gasteiger partial charge in [0.15, 0.2) is 0 Å². The van der Waals surface area contributed by atoms with Gasteiger partial charge in [-0.3, -0.25) is 4.79 Å². The predicted octanol–water partition coefficient (Wildman–Crippen LogP) is 0.882. The van der Waals surface area contributed by atoms with Gasteiger partial charge < -0.3 is 16.2 Å². The molecule has 94 valence electrons. The van der Waals surface area contributed by atoms with Gasteiger partial charge in [-0.25, -0.2) is 0 Å². The minimum Gasteiger partial charge on any atom is -0.382 e. The normalized spacial score (nSPS) is 14.3. The molecule has 0 bridgehead atoms. The molecule has 1 aromatic carbocycles. The maximum Gasteiger partial charge on any atom is 0.247 e. The zero-order valence-corrected chi connectivity index (χ0v) is 10.3. The van der Waals surface area contributed by atoms with Crippen LogP contribution in [0.15, 0.2) is 24.3 Å². The average Bonchev–Trinajstić information content (AvgIpc) is 2.31. The molecule has 1 aromatic rings. The molecule has 0 aliphatic carbocycles. The van der Waals surface area contributed by atoms with Crippen molar-refractivity contribution in [2.45, 2.75) is 32.4 Å². The van der Waals surface area contributed by atoms with Crippen LogP contribution in [-0.2, 0) is 4.79 Å². The number of aliphatic hydroxyl groups is 1. The molecule has 0 spiro atoms. The second kappa shape index (κ2) is 6.37. The topological polar surface area (TPSA) is 75.3 Å². The lowest BCUT2D eigenvalue weighted by Gasteiger charge is -2.19. The second-order valence-corrected chi connectivity index (χ2v) is 4.20. The molecule has 2 atom stereocenters. The smallest absolute Gasteiger partial charge is 0.247 e. The Bertz CT molecular complexity index is 362. The van der Waals surface area contributed by atoms with Crippen LogP contribution in [0.5, 0.6) is 0 Å². The fourth-order valence-electron chi connectivity index (χ4n) is 1.65. The SMILES string of the molecule is CCC(NCC(O)C(N)=O)c1ccc(C)cc1. The van der Waals surface area contributed by atoms with E-state index in [1.807, 2.05) is 38.1 Å². The number of aliphatic hydroxyl groups excluding tert-OH is 1. The fraction of sp³-hybridized carbons (Fsp3) is 0.462. The maximum atomic E-state index is 10.7. The summed E-state index contributed by atoms with van der Waals surface area (Å²) < 4.78 is 0. The van der Waals surface area contributed by atoms with Crippen LogP contribution in [0.3, 0.4) is 0 Å². The molecule has 0 heterocycles. The number of carbonyl (C=O) groups excluding carboxylic acids is 1. The predicted molar refractivity (Wildman–Crippen MR) is 67.4 cm³/mol. The third-order valence-electron chi connectivity index (χ3n) is 2.77. The Morgan fingerprint density at radius 3 is 2.47 bits per heavy atom. The number of primary amides is 1. The van der Waals surface area contributed by atoms with Crippen LogP contribution in [0.25, 0.3) is 0 Å². The van der Waals surface area contributed by atoms with E-state index in [0.717, 1.165) is 12.0 Å². The molecule has 0 saturated carbocycles. The molecule has 4 heteroatoms. The number of hydrogen-bond donors (Lipinski definition) is 3. The highest BCUT2D eigenvalue weighted by atomic mass is 16.3. The van der Waals surface area contributed by atoms with Crippen molar-refractivity contribution in [3.05, 3.63) is 35.4 Å². The van der Waals surface area contributed by atoms with E-state index in [1.165, 1.54) is 5.56 Å². The third-order valence-corrected chi connectivity index (χ3v) is 2.77. The highest BCUT2D eigenvalue weighted by Gasteiger charge is 2.14. The molecule has 1 rings (SSSR count). The quantitative estimate of drug-likeness (QED) is 0.686. The second-order valence-electron chi connectivity index (χ2n) is 4.20. The molecule has 0 aliphatic heterocycles. The number of rotatable bonds is 6. The van der Waals surface area contributed by atoms with E-state index in [0.29, 0.717) is 0 Å². The minimum atomic E-state index is -1.13. The first-order valence-electron chi connectivity index (χ1n) is 5.82. The van der Waals surface area contributed by atoms with Gasteiger partial charge >= 0.3 is 0 Å². The summed E-state index contributed by atoms with van der Waals surface area (Å²) in [4.78, 5) is 10.7. The maximum absolute atomic E-state index is 10.7. The molecular weight excluding hydrogens is 216 g/mol. The number of benzene rings is 1. The van der Waals surface area contributed by atoms with E-state index >= 15 is 0 Å². The summed E-state index contributed by atoms with van der Waals surface area (Å²) >= 11 is 0. The minimum absolute atomic E-state index is 0.129. The van der Waals surface area contributed by atoms with Crippen LogP contribution >= 0.6 is 0 Å². The summed E-state index contributed by atoms with van der Waals surface area (Å²) in [5.74, 6) is -0.698. The van der Waals surface area contributed by atoms with Crippen LogP contribution in [0.4, 0.5) is 0 Å². The van der Waals surface area contributed by atoms with E-state index in [-0.39, 0.29) is 12.6 Å². The largest absolute Gasteiger partial charge is 0.382 e. The molecular formula is C13H20N2O2. The molecule has 0 saturated heterocycles. The molecule has 17 heavy (non-hydrogen) atoms. The van der Waals surface area contributed by atoms with Gasteiger partial charge in [-0.15, -0.1) is 0 Å². The number of nitrogens with one attached hydrogen (secondary N) is 1. The fourth-order valence-corrected chi connectivity index (χ4v) is 1.65. The van der Waals surface area contributed by atoms with Crippen LogP contribution in [0.2, 0.25) is 0 Å². The Labute approximate surface area is 102 Å². The Kier molecular flexibility index (Phi) is 5.12. The summed E-state index contributed by atoms with van der Waals surface area (Å²) in [5.41, 5.74) is 7.35. The monoisotopic (exact) mass is 236 g/mol. The van der Waals surface area contributed by atoms with Crippen molar-refractivity contribution in [2.75, 3.05) is 6.54 Å². The average molecular weight is 236 g/mol. The van der Waals surface area contributed by atoms with Crippen LogP contribution in [0, 0.1) is 6.92 Å². The highest BCUT2D eigenvalue weighted by Crippen LogP contribution is 2.16.